The lowest BCUT2D eigenvalue weighted by atomic mass is 9.92. The molecule has 1 aromatic heterocycles. The third-order valence-electron chi connectivity index (χ3n) is 3.99. The minimum atomic E-state index is -5.08. The number of aromatic nitrogens is 1. The van der Waals surface area contributed by atoms with E-state index < -0.39 is 24.3 Å². The standard InChI is InChI=1S/C13H21N3OS.2C2HF3O2/c1-10-9-13(18-15-10)14-12(17)4-3-11-5-7-16(2)8-6-11;2*3-2(4,5)1(6)7/h9,11H,3-8H2,1-2H3,(H,14,17);2*(H,6,7). The molecule has 0 aliphatic carbocycles. The van der Waals surface area contributed by atoms with E-state index in [1.807, 2.05) is 13.0 Å². The zero-order valence-corrected chi connectivity index (χ0v) is 17.9. The lowest BCUT2D eigenvalue weighted by Crippen LogP contribution is -2.30. The second-order valence-electron chi connectivity index (χ2n) is 6.77. The molecule has 0 bridgehead atoms. The predicted octanol–water partition coefficient (Wildman–Crippen LogP) is 3.78. The van der Waals surface area contributed by atoms with E-state index in [1.165, 1.54) is 37.5 Å². The molecule has 15 heteroatoms. The van der Waals surface area contributed by atoms with Gasteiger partial charge in [0.2, 0.25) is 5.91 Å². The third kappa shape index (κ3) is 13.8. The Morgan fingerprint density at radius 1 is 1.09 bits per heavy atom. The topological polar surface area (TPSA) is 120 Å². The number of hydrogen-bond donors (Lipinski definition) is 3. The maximum atomic E-state index is 11.8. The van der Waals surface area contributed by atoms with Crippen LogP contribution in [0, 0.1) is 12.8 Å². The summed E-state index contributed by atoms with van der Waals surface area (Å²) in [5.74, 6) is -4.67. The molecule has 2 heterocycles. The second kappa shape index (κ2) is 13.2. The number of nitrogens with one attached hydrogen (secondary N) is 1. The predicted molar refractivity (Wildman–Crippen MR) is 102 cm³/mol. The van der Waals surface area contributed by atoms with Crippen LogP contribution in [-0.4, -0.2) is 69.8 Å². The molecule has 0 saturated carbocycles. The van der Waals surface area contributed by atoms with E-state index in [0.717, 1.165) is 23.0 Å². The van der Waals surface area contributed by atoms with E-state index in [0.29, 0.717) is 6.42 Å². The van der Waals surface area contributed by atoms with Crippen molar-refractivity contribution in [3.05, 3.63) is 11.8 Å². The average Bonchev–Trinajstić information content (AvgIpc) is 3.05. The number of rotatable bonds is 4. The fourth-order valence-electron chi connectivity index (χ4n) is 2.31. The summed E-state index contributed by atoms with van der Waals surface area (Å²) in [4.78, 5) is 31.9. The molecule has 1 aromatic rings. The van der Waals surface area contributed by atoms with Crippen LogP contribution in [0.4, 0.5) is 31.3 Å². The van der Waals surface area contributed by atoms with Crippen molar-refractivity contribution < 1.29 is 50.9 Å². The van der Waals surface area contributed by atoms with Gasteiger partial charge >= 0.3 is 24.3 Å². The minimum absolute atomic E-state index is 0.123. The summed E-state index contributed by atoms with van der Waals surface area (Å²) in [7, 11) is 2.16. The van der Waals surface area contributed by atoms with Crippen molar-refractivity contribution in [3.8, 4) is 0 Å². The molecule has 2 rings (SSSR count). The van der Waals surface area contributed by atoms with Gasteiger partial charge in [0.05, 0.1) is 5.69 Å². The van der Waals surface area contributed by atoms with Crippen LogP contribution in [0.3, 0.4) is 0 Å². The molecule has 3 N–H and O–H groups in total. The van der Waals surface area contributed by atoms with Crippen molar-refractivity contribution in [1.29, 1.82) is 0 Å². The number of carbonyl (C=O) groups excluding carboxylic acids is 1. The number of alkyl halides is 6. The quantitative estimate of drug-likeness (QED) is 0.544. The number of aliphatic carboxylic acids is 2. The number of amides is 1. The molecular formula is C17H23F6N3O5S. The Hall–Kier alpha value is -2.42. The highest BCUT2D eigenvalue weighted by atomic mass is 32.1. The number of carbonyl (C=O) groups is 3. The first kappa shape index (κ1) is 29.6. The normalized spacial score (nSPS) is 15.0. The van der Waals surface area contributed by atoms with Crippen molar-refractivity contribution in [2.45, 2.75) is 45.0 Å². The largest absolute Gasteiger partial charge is 0.490 e. The van der Waals surface area contributed by atoms with Crippen molar-refractivity contribution in [2.24, 2.45) is 5.92 Å². The van der Waals surface area contributed by atoms with Gasteiger partial charge in [-0.05, 0) is 69.8 Å². The van der Waals surface area contributed by atoms with E-state index in [2.05, 4.69) is 21.6 Å². The van der Waals surface area contributed by atoms with E-state index in [4.69, 9.17) is 19.8 Å². The number of carboxylic acid groups (broad SMARTS) is 2. The number of hydrogen-bond acceptors (Lipinski definition) is 6. The highest BCUT2D eigenvalue weighted by Crippen LogP contribution is 2.22. The van der Waals surface area contributed by atoms with Crippen LogP contribution < -0.4 is 5.32 Å². The van der Waals surface area contributed by atoms with Gasteiger partial charge in [-0.1, -0.05) is 0 Å². The molecule has 1 aliphatic rings. The number of piperidine rings is 1. The van der Waals surface area contributed by atoms with Crippen LogP contribution in [0.15, 0.2) is 6.07 Å². The van der Waals surface area contributed by atoms with Crippen molar-refractivity contribution in [2.75, 3.05) is 25.5 Å². The smallest absolute Gasteiger partial charge is 0.475 e. The van der Waals surface area contributed by atoms with Crippen LogP contribution in [0.1, 0.15) is 31.4 Å². The van der Waals surface area contributed by atoms with Gasteiger partial charge in [0.15, 0.2) is 0 Å². The third-order valence-corrected chi connectivity index (χ3v) is 4.79. The lowest BCUT2D eigenvalue weighted by Gasteiger charge is -2.28. The van der Waals surface area contributed by atoms with Crippen molar-refractivity contribution >= 4 is 34.4 Å². The number of likely N-dealkylation sites (tertiary alicyclic amines) is 1. The number of nitrogens with zero attached hydrogens (tertiary/aromatic N) is 2. The van der Waals surface area contributed by atoms with E-state index in [1.54, 1.807) is 0 Å². The van der Waals surface area contributed by atoms with Gasteiger partial charge < -0.3 is 20.4 Å². The van der Waals surface area contributed by atoms with Crippen LogP contribution in [0.25, 0.3) is 0 Å². The monoisotopic (exact) mass is 495 g/mol. The Morgan fingerprint density at radius 2 is 1.53 bits per heavy atom. The summed E-state index contributed by atoms with van der Waals surface area (Å²) in [6, 6.07) is 1.91. The van der Waals surface area contributed by atoms with Crippen molar-refractivity contribution in [1.82, 2.24) is 9.27 Å². The van der Waals surface area contributed by atoms with E-state index in [-0.39, 0.29) is 5.91 Å². The highest BCUT2D eigenvalue weighted by Gasteiger charge is 2.38. The Morgan fingerprint density at radius 3 is 1.88 bits per heavy atom. The molecule has 0 aromatic carbocycles. The molecule has 0 radical (unpaired) electrons. The Bertz CT molecular complexity index is 722. The number of anilines is 1. The van der Waals surface area contributed by atoms with Crippen LogP contribution in [0.5, 0.6) is 0 Å². The molecule has 1 aliphatic heterocycles. The van der Waals surface area contributed by atoms with E-state index in [9.17, 15) is 31.1 Å². The molecular weight excluding hydrogens is 472 g/mol. The molecule has 1 saturated heterocycles. The Labute approximate surface area is 183 Å². The summed E-state index contributed by atoms with van der Waals surface area (Å²) >= 11 is 1.35. The fourth-order valence-corrected chi connectivity index (χ4v) is 2.99. The summed E-state index contributed by atoms with van der Waals surface area (Å²) in [5.41, 5.74) is 0.964. The first-order chi connectivity index (χ1) is 14.5. The number of carboxylic acids is 2. The number of halogens is 6. The fraction of sp³-hybridized carbons (Fsp3) is 0.647. The molecule has 0 spiro atoms. The number of aryl methyl sites for hydroxylation is 1. The average molecular weight is 495 g/mol. The summed E-state index contributed by atoms with van der Waals surface area (Å²) in [5, 5.41) is 18.0. The van der Waals surface area contributed by atoms with Gasteiger partial charge in [-0.3, -0.25) is 4.79 Å². The molecule has 8 nitrogen and oxygen atoms in total. The molecule has 1 amide bonds. The van der Waals surface area contributed by atoms with Gasteiger partial charge in [-0.25, -0.2) is 9.59 Å². The molecule has 0 unspecified atom stereocenters. The maximum absolute atomic E-state index is 11.8. The molecule has 0 atom stereocenters. The first-order valence-corrected chi connectivity index (χ1v) is 9.81. The molecule has 1 fully saturated rings. The van der Waals surface area contributed by atoms with Crippen LogP contribution >= 0.6 is 11.5 Å². The van der Waals surface area contributed by atoms with Gasteiger partial charge in [-0.15, -0.1) is 0 Å². The Balaban J connectivity index is 0.000000570. The summed E-state index contributed by atoms with van der Waals surface area (Å²) in [6.45, 7) is 4.27. The van der Waals surface area contributed by atoms with Gasteiger partial charge in [-0.2, -0.15) is 30.7 Å². The van der Waals surface area contributed by atoms with Gasteiger partial charge in [0, 0.05) is 6.42 Å². The SMILES string of the molecule is Cc1cc(NC(=O)CCC2CCN(C)CC2)sn1.O=C(O)C(F)(F)F.O=C(O)C(F)(F)F. The van der Waals surface area contributed by atoms with Gasteiger partial charge in [0.25, 0.3) is 0 Å². The van der Waals surface area contributed by atoms with Crippen LogP contribution in [-0.2, 0) is 14.4 Å². The maximum Gasteiger partial charge on any atom is 0.490 e. The lowest BCUT2D eigenvalue weighted by molar-refractivity contribution is -0.193. The first-order valence-electron chi connectivity index (χ1n) is 9.04. The van der Waals surface area contributed by atoms with Crippen LogP contribution in [0.2, 0.25) is 0 Å². The second-order valence-corrected chi connectivity index (χ2v) is 7.58. The van der Waals surface area contributed by atoms with E-state index >= 15 is 0 Å². The summed E-state index contributed by atoms with van der Waals surface area (Å²) < 4.78 is 67.6. The van der Waals surface area contributed by atoms with Gasteiger partial charge in [0.1, 0.15) is 5.00 Å². The summed E-state index contributed by atoms with van der Waals surface area (Å²) in [6.07, 6.45) is -6.07. The molecule has 184 valence electrons. The molecule has 32 heavy (non-hydrogen) atoms. The zero-order chi connectivity index (χ0) is 25.1. The minimum Gasteiger partial charge on any atom is -0.475 e. The van der Waals surface area contributed by atoms with Crippen molar-refractivity contribution in [3.63, 3.8) is 0 Å². The zero-order valence-electron chi connectivity index (χ0n) is 17.1. The highest BCUT2D eigenvalue weighted by molar-refractivity contribution is 7.10. The Kier molecular flexibility index (Phi) is 12.2.